The Hall–Kier alpha value is -0.640. The number of carbonyl (C=O) groups is 1. The molecule has 0 bridgehead atoms. The Bertz CT molecular complexity index is 124. The van der Waals surface area contributed by atoms with Gasteiger partial charge in [0, 0.05) is 14.0 Å². The Labute approximate surface area is 59.4 Å². The number of esters is 1. The third kappa shape index (κ3) is 5.23. The number of likely N-dealkylation sites (N-methyl/N-ethyl adjacent to an activating group) is 1. The van der Waals surface area contributed by atoms with E-state index in [0.29, 0.717) is 4.99 Å². The van der Waals surface area contributed by atoms with Crippen LogP contribution in [0.1, 0.15) is 6.92 Å². The summed E-state index contributed by atoms with van der Waals surface area (Å²) < 4.78 is 4.55. The summed E-state index contributed by atoms with van der Waals surface area (Å²) in [5.74, 6) is -0.312. The summed E-state index contributed by atoms with van der Waals surface area (Å²) in [5, 5.41) is 2.67. The lowest BCUT2D eigenvalue weighted by Crippen LogP contribution is -2.22. The molecule has 0 aromatic rings. The summed E-state index contributed by atoms with van der Waals surface area (Å²) in [5.41, 5.74) is 0. The van der Waals surface area contributed by atoms with Gasteiger partial charge in [0.25, 0.3) is 0 Å². The van der Waals surface area contributed by atoms with E-state index >= 15 is 0 Å². The number of rotatable bonds is 2. The molecule has 0 atom stereocenters. The smallest absolute Gasteiger partial charge is 0.303 e. The van der Waals surface area contributed by atoms with Gasteiger partial charge in [-0.2, -0.15) is 0 Å². The van der Waals surface area contributed by atoms with Crippen molar-refractivity contribution in [2.45, 2.75) is 6.92 Å². The van der Waals surface area contributed by atoms with E-state index in [1.54, 1.807) is 7.05 Å². The second kappa shape index (κ2) is 4.26. The van der Waals surface area contributed by atoms with Crippen molar-refractivity contribution >= 4 is 23.2 Å². The molecule has 52 valence electrons. The lowest BCUT2D eigenvalue weighted by molar-refractivity contribution is -0.139. The zero-order valence-corrected chi connectivity index (χ0v) is 6.25. The Morgan fingerprint density at radius 2 is 2.33 bits per heavy atom. The fourth-order valence-electron chi connectivity index (χ4n) is 0.239. The molecule has 0 aromatic carbocycles. The van der Waals surface area contributed by atoms with Gasteiger partial charge in [0.15, 0.2) is 0 Å². The maximum atomic E-state index is 10.2. The summed E-state index contributed by atoms with van der Waals surface area (Å²) in [7, 11) is 1.69. The Morgan fingerprint density at radius 3 is 2.67 bits per heavy atom. The first-order valence-electron chi connectivity index (χ1n) is 2.50. The second-order valence-electron chi connectivity index (χ2n) is 1.45. The van der Waals surface area contributed by atoms with Crippen LogP contribution in [-0.2, 0) is 9.53 Å². The van der Waals surface area contributed by atoms with Crippen LogP contribution in [0, 0.1) is 0 Å². The SMILES string of the molecule is CNC(=S)COC(C)=O. The molecular formula is C5H9NO2S. The van der Waals surface area contributed by atoms with Crippen LogP contribution in [0.4, 0.5) is 0 Å². The molecule has 0 amide bonds. The second-order valence-corrected chi connectivity index (χ2v) is 1.95. The monoisotopic (exact) mass is 147 g/mol. The Balaban J connectivity index is 3.28. The first-order valence-corrected chi connectivity index (χ1v) is 2.91. The molecule has 9 heavy (non-hydrogen) atoms. The van der Waals surface area contributed by atoms with Crippen LogP contribution in [0.5, 0.6) is 0 Å². The third-order valence-electron chi connectivity index (χ3n) is 0.685. The van der Waals surface area contributed by atoms with E-state index in [4.69, 9.17) is 0 Å². The fraction of sp³-hybridized carbons (Fsp3) is 0.600. The van der Waals surface area contributed by atoms with Crippen LogP contribution in [0.25, 0.3) is 0 Å². The van der Waals surface area contributed by atoms with Gasteiger partial charge in [0.05, 0.1) is 0 Å². The highest BCUT2D eigenvalue weighted by Crippen LogP contribution is 1.76. The number of hydrogen-bond acceptors (Lipinski definition) is 3. The van der Waals surface area contributed by atoms with Crippen molar-refractivity contribution in [2.24, 2.45) is 0 Å². The molecule has 0 rings (SSSR count). The van der Waals surface area contributed by atoms with Crippen LogP contribution >= 0.6 is 12.2 Å². The summed E-state index contributed by atoms with van der Waals surface area (Å²) in [6.45, 7) is 1.53. The van der Waals surface area contributed by atoms with Crippen molar-refractivity contribution in [3.05, 3.63) is 0 Å². The molecule has 0 unspecified atom stereocenters. The van der Waals surface area contributed by atoms with Crippen LogP contribution in [0.2, 0.25) is 0 Å². The van der Waals surface area contributed by atoms with Gasteiger partial charge in [-0.1, -0.05) is 12.2 Å². The van der Waals surface area contributed by atoms with Crippen LogP contribution in [0.3, 0.4) is 0 Å². The molecule has 0 radical (unpaired) electrons. The fourth-order valence-corrected chi connectivity index (χ4v) is 0.298. The van der Waals surface area contributed by atoms with Crippen molar-refractivity contribution in [1.82, 2.24) is 5.32 Å². The van der Waals surface area contributed by atoms with Crippen LogP contribution < -0.4 is 5.32 Å². The predicted octanol–water partition coefficient (Wildman–Crippen LogP) is 0.0963. The zero-order chi connectivity index (χ0) is 7.28. The van der Waals surface area contributed by atoms with Gasteiger partial charge < -0.3 is 10.1 Å². The lowest BCUT2D eigenvalue weighted by atomic mass is 10.7. The number of carbonyl (C=O) groups excluding carboxylic acids is 1. The number of thiocarbonyl (C=S) groups is 1. The minimum absolute atomic E-state index is 0.182. The van der Waals surface area contributed by atoms with E-state index in [2.05, 4.69) is 22.3 Å². The highest BCUT2D eigenvalue weighted by molar-refractivity contribution is 7.80. The van der Waals surface area contributed by atoms with Gasteiger partial charge >= 0.3 is 5.97 Å². The molecule has 0 saturated carbocycles. The van der Waals surface area contributed by atoms with Crippen molar-refractivity contribution in [3.8, 4) is 0 Å². The van der Waals surface area contributed by atoms with Gasteiger partial charge in [-0.15, -0.1) is 0 Å². The molecule has 1 N–H and O–H groups in total. The first kappa shape index (κ1) is 8.36. The zero-order valence-electron chi connectivity index (χ0n) is 5.43. The maximum absolute atomic E-state index is 10.2. The molecule has 0 saturated heterocycles. The molecule has 0 spiro atoms. The minimum Gasteiger partial charge on any atom is -0.459 e. The van der Waals surface area contributed by atoms with E-state index in [0.717, 1.165) is 0 Å². The van der Waals surface area contributed by atoms with E-state index in [1.165, 1.54) is 6.92 Å². The topological polar surface area (TPSA) is 38.3 Å². The highest BCUT2D eigenvalue weighted by Gasteiger charge is 1.94. The summed E-state index contributed by atoms with van der Waals surface area (Å²) >= 11 is 4.69. The van der Waals surface area contributed by atoms with Crippen molar-refractivity contribution in [1.29, 1.82) is 0 Å². The summed E-state index contributed by atoms with van der Waals surface area (Å²) in [4.78, 5) is 10.7. The van der Waals surface area contributed by atoms with Crippen LogP contribution in [-0.4, -0.2) is 24.6 Å². The summed E-state index contributed by atoms with van der Waals surface area (Å²) in [6, 6.07) is 0. The van der Waals surface area contributed by atoms with Gasteiger partial charge in [-0.25, -0.2) is 0 Å². The molecule has 0 aliphatic carbocycles. The van der Waals surface area contributed by atoms with Gasteiger partial charge in [0.2, 0.25) is 0 Å². The maximum Gasteiger partial charge on any atom is 0.303 e. The molecule has 0 aliphatic heterocycles. The molecule has 4 heteroatoms. The first-order chi connectivity index (χ1) is 4.16. The molecule has 3 nitrogen and oxygen atoms in total. The van der Waals surface area contributed by atoms with Gasteiger partial charge in [0.1, 0.15) is 11.6 Å². The Morgan fingerprint density at radius 1 is 1.78 bits per heavy atom. The van der Waals surface area contributed by atoms with E-state index in [1.807, 2.05) is 0 Å². The average Bonchev–Trinajstić information content (AvgIpc) is 1.83. The standard InChI is InChI=1S/C5H9NO2S/c1-4(7)8-3-5(9)6-2/h3H2,1-2H3,(H,6,9). The predicted molar refractivity (Wildman–Crippen MR) is 38.3 cm³/mol. The van der Waals surface area contributed by atoms with Gasteiger partial charge in [-0.3, -0.25) is 4.79 Å². The van der Waals surface area contributed by atoms with E-state index < -0.39 is 0 Å². The van der Waals surface area contributed by atoms with Crippen molar-refractivity contribution in [3.63, 3.8) is 0 Å². The lowest BCUT2D eigenvalue weighted by Gasteiger charge is -2.00. The number of hydrogen-bond donors (Lipinski definition) is 1. The normalized spacial score (nSPS) is 8.22. The summed E-state index contributed by atoms with van der Waals surface area (Å²) in [6.07, 6.45) is 0. The number of nitrogens with one attached hydrogen (secondary N) is 1. The highest BCUT2D eigenvalue weighted by atomic mass is 32.1. The van der Waals surface area contributed by atoms with E-state index in [9.17, 15) is 4.79 Å². The molecular weight excluding hydrogens is 138 g/mol. The van der Waals surface area contributed by atoms with Crippen molar-refractivity contribution < 1.29 is 9.53 Å². The average molecular weight is 147 g/mol. The minimum atomic E-state index is -0.312. The van der Waals surface area contributed by atoms with Gasteiger partial charge in [-0.05, 0) is 0 Å². The largest absolute Gasteiger partial charge is 0.459 e. The quantitative estimate of drug-likeness (QED) is 0.444. The Kier molecular flexibility index (Phi) is 3.96. The molecule has 0 aromatic heterocycles. The van der Waals surface area contributed by atoms with Crippen LogP contribution in [0.15, 0.2) is 0 Å². The molecule has 0 heterocycles. The molecule has 0 fully saturated rings. The van der Waals surface area contributed by atoms with E-state index in [-0.39, 0.29) is 12.6 Å². The van der Waals surface area contributed by atoms with Crippen molar-refractivity contribution in [2.75, 3.05) is 13.7 Å². The number of ether oxygens (including phenoxy) is 1. The molecule has 0 aliphatic rings. The third-order valence-corrected chi connectivity index (χ3v) is 1.01.